The number of Topliss-reactive ketones (excluding diaryl/α,β-unsaturated/α-hetero) is 1. The van der Waals surface area contributed by atoms with Gasteiger partial charge in [-0.15, -0.1) is 0 Å². The van der Waals surface area contributed by atoms with E-state index in [9.17, 15) is 4.79 Å². The monoisotopic (exact) mass is 606 g/mol. The van der Waals surface area contributed by atoms with Crippen molar-refractivity contribution in [2.75, 3.05) is 0 Å². The fourth-order valence-electron chi connectivity index (χ4n) is 6.07. The van der Waals surface area contributed by atoms with Crippen LogP contribution in [-0.4, -0.2) is 17.4 Å². The van der Waals surface area contributed by atoms with E-state index in [2.05, 4.69) is 194 Å². The van der Waals surface area contributed by atoms with Crippen LogP contribution >= 0.6 is 13.8 Å². The molecule has 3 heteroatoms. The Morgan fingerprint density at radius 3 is 0.705 bits per heavy atom. The Balaban J connectivity index is 1.49. The summed E-state index contributed by atoms with van der Waals surface area (Å²) >= 11 is 0. The quantitative estimate of drug-likeness (QED) is 0.155. The van der Waals surface area contributed by atoms with Crippen LogP contribution in [0.15, 0.2) is 182 Å². The average Bonchev–Trinajstić information content (AvgIpc) is 3.12. The van der Waals surface area contributed by atoms with Crippen LogP contribution in [0.5, 0.6) is 0 Å². The van der Waals surface area contributed by atoms with Gasteiger partial charge in [-0.05, 0) is 45.6 Å². The SMILES string of the molecule is O=C(CC=P(c1ccccc1)(c1ccccc1)c1ccccc1)CC=P(c1ccccc1)(c1ccccc1)c1ccccc1. The highest BCUT2D eigenvalue weighted by Crippen LogP contribution is 2.45. The summed E-state index contributed by atoms with van der Waals surface area (Å²) in [5.41, 5.74) is 0. The van der Waals surface area contributed by atoms with E-state index in [0.29, 0.717) is 12.8 Å². The third kappa shape index (κ3) is 6.00. The zero-order chi connectivity index (χ0) is 30.1. The third-order valence-corrected chi connectivity index (χ3v) is 16.3. The molecule has 0 aliphatic heterocycles. The zero-order valence-corrected chi connectivity index (χ0v) is 26.5. The molecule has 1 nitrogen and oxygen atoms in total. The molecule has 44 heavy (non-hydrogen) atoms. The average molecular weight is 607 g/mol. The molecule has 0 N–H and O–H groups in total. The topological polar surface area (TPSA) is 17.1 Å². The standard InChI is InChI=1S/C41H36OP2/c42-35(31-33-43(36-19-7-1-8-20-36,37-21-9-2-10-22-37)38-23-11-3-12-24-38)32-34-44(39-25-13-4-14-26-39,40-27-15-5-16-28-40)41-29-17-6-18-30-41/h1-30,33-34H,31-32H2. The lowest BCUT2D eigenvalue weighted by molar-refractivity contribution is -0.116. The maximum Gasteiger partial charge on any atom is 0.140 e. The molecule has 6 aromatic rings. The molecular weight excluding hydrogens is 570 g/mol. The van der Waals surface area contributed by atoms with Gasteiger partial charge in [0.1, 0.15) is 5.78 Å². The Labute approximate surface area is 261 Å². The molecule has 0 radical (unpaired) electrons. The molecule has 6 rings (SSSR count). The number of hydrogen-bond acceptors (Lipinski definition) is 1. The summed E-state index contributed by atoms with van der Waals surface area (Å²) in [5.74, 6) is 4.91. The molecule has 6 aromatic carbocycles. The van der Waals surface area contributed by atoms with E-state index in [1.807, 2.05) is 0 Å². The summed E-state index contributed by atoms with van der Waals surface area (Å²) in [6.07, 6.45) is 0.780. The van der Waals surface area contributed by atoms with Crippen LogP contribution in [0.4, 0.5) is 0 Å². The molecule has 0 amide bonds. The van der Waals surface area contributed by atoms with Crippen molar-refractivity contribution in [1.82, 2.24) is 0 Å². The van der Waals surface area contributed by atoms with Crippen molar-refractivity contribution in [3.8, 4) is 0 Å². The summed E-state index contributed by atoms with van der Waals surface area (Å²) in [5, 5.41) is 7.55. The molecule has 0 aliphatic rings. The molecular formula is C41H36OP2. The Morgan fingerprint density at radius 2 is 0.523 bits per heavy atom. The second-order valence-electron chi connectivity index (χ2n) is 10.8. The minimum atomic E-state index is -2.20. The van der Waals surface area contributed by atoms with E-state index in [4.69, 9.17) is 0 Å². The van der Waals surface area contributed by atoms with Gasteiger partial charge in [-0.3, -0.25) is 4.79 Å². The summed E-state index contributed by atoms with van der Waals surface area (Å²) in [6, 6.07) is 64.3. The highest BCUT2D eigenvalue weighted by molar-refractivity contribution is 7.95. The van der Waals surface area contributed by atoms with Gasteiger partial charge in [0.05, 0.1) is 0 Å². The first kappa shape index (κ1) is 29.7. The Hall–Kier alpha value is -4.41. The first-order valence-electron chi connectivity index (χ1n) is 15.0. The lowest BCUT2D eigenvalue weighted by Gasteiger charge is -2.29. The van der Waals surface area contributed by atoms with Gasteiger partial charge in [-0.2, -0.15) is 0 Å². The highest BCUT2D eigenvalue weighted by Gasteiger charge is 2.27. The first-order valence-corrected chi connectivity index (χ1v) is 18.8. The number of hydrogen-bond donors (Lipinski definition) is 0. The minimum Gasteiger partial charge on any atom is -0.299 e. The number of carbonyl (C=O) groups is 1. The molecule has 0 heterocycles. The van der Waals surface area contributed by atoms with Crippen molar-refractivity contribution in [2.24, 2.45) is 0 Å². The maximum absolute atomic E-state index is 14.1. The Bertz CT molecular complexity index is 1550. The molecule has 0 unspecified atom stereocenters. The second kappa shape index (κ2) is 13.9. The summed E-state index contributed by atoms with van der Waals surface area (Å²) in [6.45, 7) is -4.39. The van der Waals surface area contributed by atoms with Crippen LogP contribution in [0.25, 0.3) is 0 Å². The van der Waals surface area contributed by atoms with Gasteiger partial charge < -0.3 is 0 Å². The number of ketones is 1. The zero-order valence-electron chi connectivity index (χ0n) is 24.7. The van der Waals surface area contributed by atoms with Crippen molar-refractivity contribution in [3.05, 3.63) is 182 Å². The highest BCUT2D eigenvalue weighted by atomic mass is 31.2. The van der Waals surface area contributed by atoms with Crippen LogP contribution in [0.2, 0.25) is 0 Å². The molecule has 0 aromatic heterocycles. The molecule has 0 aliphatic carbocycles. The van der Waals surface area contributed by atoms with E-state index in [1.165, 1.54) is 31.8 Å². The molecule has 0 saturated carbocycles. The molecule has 0 saturated heterocycles. The molecule has 0 atom stereocenters. The smallest absolute Gasteiger partial charge is 0.140 e. The van der Waals surface area contributed by atoms with Gasteiger partial charge in [0.15, 0.2) is 0 Å². The van der Waals surface area contributed by atoms with Gasteiger partial charge in [-0.1, -0.05) is 194 Å². The van der Waals surface area contributed by atoms with Crippen LogP contribution in [-0.2, 0) is 4.79 Å². The van der Waals surface area contributed by atoms with Gasteiger partial charge in [0.25, 0.3) is 0 Å². The van der Waals surface area contributed by atoms with Crippen molar-refractivity contribution < 1.29 is 4.79 Å². The summed E-state index contributed by atoms with van der Waals surface area (Å²) < 4.78 is 0. The van der Waals surface area contributed by atoms with Gasteiger partial charge in [0, 0.05) is 12.8 Å². The fourth-order valence-corrected chi connectivity index (χ4v) is 13.9. The van der Waals surface area contributed by atoms with E-state index in [0.717, 1.165) is 0 Å². The predicted molar refractivity (Wildman–Crippen MR) is 197 cm³/mol. The maximum atomic E-state index is 14.1. The molecule has 216 valence electrons. The summed E-state index contributed by atoms with van der Waals surface area (Å²) in [4.78, 5) is 14.1. The number of carbonyl (C=O) groups excluding carboxylic acids is 1. The summed E-state index contributed by atoms with van der Waals surface area (Å²) in [7, 11) is 0. The van der Waals surface area contributed by atoms with Crippen molar-refractivity contribution in [1.29, 1.82) is 0 Å². The lowest BCUT2D eigenvalue weighted by atomic mass is 10.2. The van der Waals surface area contributed by atoms with Crippen LogP contribution in [0.3, 0.4) is 0 Å². The first-order chi connectivity index (χ1) is 21.7. The van der Waals surface area contributed by atoms with Crippen molar-refractivity contribution >= 4 is 63.0 Å². The minimum absolute atomic E-state index is 0.226. The Kier molecular flexibility index (Phi) is 9.38. The normalized spacial score (nSPS) is 11.5. The van der Waals surface area contributed by atoms with Gasteiger partial charge in [-0.25, -0.2) is 0 Å². The molecule has 0 bridgehead atoms. The molecule has 0 fully saturated rings. The van der Waals surface area contributed by atoms with E-state index >= 15 is 0 Å². The van der Waals surface area contributed by atoms with Crippen molar-refractivity contribution in [3.63, 3.8) is 0 Å². The van der Waals surface area contributed by atoms with E-state index in [1.54, 1.807) is 0 Å². The van der Waals surface area contributed by atoms with Crippen LogP contribution in [0, 0.1) is 0 Å². The second-order valence-corrected chi connectivity index (χ2v) is 17.5. The number of rotatable bonds is 10. The van der Waals surface area contributed by atoms with Gasteiger partial charge in [0.2, 0.25) is 0 Å². The third-order valence-electron chi connectivity index (χ3n) is 8.17. The van der Waals surface area contributed by atoms with Crippen LogP contribution in [0.1, 0.15) is 12.8 Å². The molecule has 0 spiro atoms. The van der Waals surface area contributed by atoms with E-state index < -0.39 is 13.8 Å². The lowest BCUT2D eigenvalue weighted by Crippen LogP contribution is -2.28. The van der Waals surface area contributed by atoms with Crippen molar-refractivity contribution in [2.45, 2.75) is 12.8 Å². The predicted octanol–water partition coefficient (Wildman–Crippen LogP) is 6.93. The Morgan fingerprint density at radius 1 is 0.341 bits per heavy atom. The van der Waals surface area contributed by atoms with Gasteiger partial charge >= 0.3 is 0 Å². The van der Waals surface area contributed by atoms with Crippen LogP contribution < -0.4 is 31.8 Å². The fraction of sp³-hybridized carbons (Fsp3) is 0.0488. The largest absolute Gasteiger partial charge is 0.299 e. The van der Waals surface area contributed by atoms with E-state index in [-0.39, 0.29) is 5.78 Å². The number of benzene rings is 6.